The summed E-state index contributed by atoms with van der Waals surface area (Å²) >= 11 is 0. The van der Waals surface area contributed by atoms with Gasteiger partial charge in [0, 0.05) is 32.9 Å². The molecule has 0 atom stereocenters. The Morgan fingerprint density at radius 2 is 0.464 bits per heavy atom. The molecule has 0 unspecified atom stereocenters. The molecule has 15 aromatic carbocycles. The summed E-state index contributed by atoms with van der Waals surface area (Å²) < 4.78 is 0. The van der Waals surface area contributed by atoms with Crippen molar-refractivity contribution in [1.29, 1.82) is 0 Å². The molecule has 84 heavy (non-hydrogen) atoms. The zero-order chi connectivity index (χ0) is 55.8. The molecule has 0 aliphatic rings. The van der Waals surface area contributed by atoms with Crippen LogP contribution in [-0.4, -0.2) is 0 Å². The number of anilines is 6. The van der Waals surface area contributed by atoms with Gasteiger partial charge in [-0.1, -0.05) is 279 Å². The van der Waals surface area contributed by atoms with Crippen LogP contribution in [-0.2, 0) is 0 Å². The smallest absolute Gasteiger partial charge is 0.0540 e. The second kappa shape index (κ2) is 21.8. The summed E-state index contributed by atoms with van der Waals surface area (Å²) in [5.74, 6) is 0. The van der Waals surface area contributed by atoms with E-state index in [4.69, 9.17) is 0 Å². The molecular formula is C82H56N2. The third-order valence-corrected chi connectivity index (χ3v) is 16.6. The van der Waals surface area contributed by atoms with Crippen molar-refractivity contribution < 1.29 is 0 Å². The van der Waals surface area contributed by atoms with Crippen LogP contribution < -0.4 is 9.80 Å². The van der Waals surface area contributed by atoms with Crippen molar-refractivity contribution in [3.05, 3.63) is 338 Å². The minimum atomic E-state index is 1.10. The topological polar surface area (TPSA) is 6.48 Å². The van der Waals surface area contributed by atoms with Crippen LogP contribution in [0.25, 0.3) is 111 Å². The fraction of sp³-hybridized carbons (Fsp3) is 0. The average Bonchev–Trinajstić information content (AvgIpc) is 1.15. The van der Waals surface area contributed by atoms with Crippen LogP contribution in [0.3, 0.4) is 0 Å². The molecule has 0 aliphatic carbocycles. The number of nitrogens with zero attached hydrogens (tertiary/aromatic N) is 2. The van der Waals surface area contributed by atoms with E-state index in [0.717, 1.165) is 56.4 Å². The molecule has 0 saturated carbocycles. The van der Waals surface area contributed by atoms with E-state index in [0.29, 0.717) is 0 Å². The van der Waals surface area contributed by atoms with Crippen LogP contribution in [0, 0.1) is 0 Å². The highest BCUT2D eigenvalue weighted by Gasteiger charge is 2.21. The largest absolute Gasteiger partial charge is 0.309 e. The van der Waals surface area contributed by atoms with E-state index in [1.165, 1.54) is 86.9 Å². The van der Waals surface area contributed by atoms with Gasteiger partial charge in [0.2, 0.25) is 0 Å². The van der Waals surface area contributed by atoms with Crippen LogP contribution in [0.2, 0.25) is 0 Å². The van der Waals surface area contributed by atoms with E-state index < -0.39 is 0 Å². The Kier molecular flexibility index (Phi) is 12.9. The maximum atomic E-state index is 2.41. The standard InChI is InChI=1S/C82H56N2/c1-3-23-65(24-4-1)81-73-53-47-59(41-39-57-43-49-67(50-44-57)83(77-35-15-27-61-19-7-11-31-69(61)77)78-36-16-28-62-20-8-12-32-70(62)78)55-75(73)76-56-60(48-54-74(76)82(81)66-25-5-2-6-26-66)42-40-58-45-51-68(52-46-58)84(79-37-17-29-63-21-9-13-33-71(63)79)80-38-18-30-64-22-10-14-34-72(64)80/h1-56H/b41-39+,42-40+. The molecule has 0 aliphatic heterocycles. The van der Waals surface area contributed by atoms with Gasteiger partial charge in [-0.3, -0.25) is 0 Å². The lowest BCUT2D eigenvalue weighted by molar-refractivity contribution is 1.31. The Morgan fingerprint density at radius 1 is 0.190 bits per heavy atom. The summed E-state index contributed by atoms with van der Waals surface area (Å²) in [6, 6.07) is 115. The number of benzene rings is 15. The van der Waals surface area contributed by atoms with E-state index in [1.54, 1.807) is 0 Å². The van der Waals surface area contributed by atoms with Crippen molar-refractivity contribution in [2.45, 2.75) is 0 Å². The lowest BCUT2D eigenvalue weighted by atomic mass is 9.84. The summed E-state index contributed by atoms with van der Waals surface area (Å²) in [5.41, 5.74) is 16.2. The van der Waals surface area contributed by atoms with Crippen molar-refractivity contribution in [2.24, 2.45) is 0 Å². The maximum absolute atomic E-state index is 2.41. The van der Waals surface area contributed by atoms with Gasteiger partial charge < -0.3 is 9.80 Å². The van der Waals surface area contributed by atoms with E-state index >= 15 is 0 Å². The average molecular weight is 1070 g/mol. The third kappa shape index (κ3) is 9.32. The normalized spacial score (nSPS) is 11.7. The summed E-state index contributed by atoms with van der Waals surface area (Å²) in [6.45, 7) is 0. The van der Waals surface area contributed by atoms with Gasteiger partial charge in [0.1, 0.15) is 0 Å². The van der Waals surface area contributed by atoms with Crippen molar-refractivity contribution in [1.82, 2.24) is 0 Å². The minimum absolute atomic E-state index is 1.10. The lowest BCUT2D eigenvalue weighted by Gasteiger charge is -2.28. The zero-order valence-electron chi connectivity index (χ0n) is 46.2. The molecule has 15 aromatic rings. The Bertz CT molecular complexity index is 4500. The SMILES string of the molecule is C(=C\c1ccc2c(-c3ccccc3)c(-c3ccccc3)c3ccc(/C=C/c4ccc(N(c5cccc6ccccc56)c5cccc6ccccc56)cc4)cc3c2c1)/c1ccc(N(c2cccc3ccccc23)c2cccc3ccccc23)cc1. The number of hydrogen-bond donors (Lipinski definition) is 0. The molecule has 0 bridgehead atoms. The summed E-state index contributed by atoms with van der Waals surface area (Å²) in [7, 11) is 0. The molecule has 394 valence electrons. The van der Waals surface area contributed by atoms with Gasteiger partial charge in [0.05, 0.1) is 22.7 Å². The molecule has 0 heterocycles. The van der Waals surface area contributed by atoms with Crippen LogP contribution in [0.15, 0.2) is 315 Å². The number of hydrogen-bond acceptors (Lipinski definition) is 2. The van der Waals surface area contributed by atoms with Crippen LogP contribution in [0.4, 0.5) is 34.1 Å². The molecule has 2 heteroatoms. The number of rotatable bonds is 12. The van der Waals surface area contributed by atoms with Gasteiger partial charge in [-0.25, -0.2) is 0 Å². The van der Waals surface area contributed by atoms with Crippen molar-refractivity contribution in [2.75, 3.05) is 9.80 Å². The van der Waals surface area contributed by atoms with Crippen molar-refractivity contribution >= 4 is 123 Å². The van der Waals surface area contributed by atoms with Crippen molar-refractivity contribution in [3.63, 3.8) is 0 Å². The fourth-order valence-corrected chi connectivity index (χ4v) is 12.6. The predicted molar refractivity (Wildman–Crippen MR) is 362 cm³/mol. The molecule has 0 amide bonds. The van der Waals surface area contributed by atoms with Gasteiger partial charge in [-0.2, -0.15) is 0 Å². The quantitative estimate of drug-likeness (QED) is 0.0889. The number of fused-ring (bicyclic) bond motifs is 7. The van der Waals surface area contributed by atoms with Crippen LogP contribution >= 0.6 is 0 Å². The summed E-state index contributed by atoms with van der Waals surface area (Å²) in [4.78, 5) is 4.82. The molecule has 0 N–H and O–H groups in total. The molecule has 2 nitrogen and oxygen atoms in total. The van der Waals surface area contributed by atoms with Gasteiger partial charge in [0.25, 0.3) is 0 Å². The highest BCUT2D eigenvalue weighted by molar-refractivity contribution is 6.22. The summed E-state index contributed by atoms with van der Waals surface area (Å²) in [5, 5.41) is 14.5. The first-order valence-corrected chi connectivity index (χ1v) is 28.9. The van der Waals surface area contributed by atoms with Gasteiger partial charge in [0.15, 0.2) is 0 Å². The highest BCUT2D eigenvalue weighted by Crippen LogP contribution is 2.47. The third-order valence-electron chi connectivity index (χ3n) is 16.6. The van der Waals surface area contributed by atoms with Crippen LogP contribution in [0.1, 0.15) is 22.3 Å². The zero-order valence-corrected chi connectivity index (χ0v) is 46.2. The minimum Gasteiger partial charge on any atom is -0.309 e. The molecule has 0 radical (unpaired) electrons. The predicted octanol–water partition coefficient (Wildman–Crippen LogP) is 23.2. The van der Waals surface area contributed by atoms with Crippen LogP contribution in [0.5, 0.6) is 0 Å². The molecule has 0 saturated heterocycles. The maximum Gasteiger partial charge on any atom is 0.0540 e. The van der Waals surface area contributed by atoms with E-state index in [1.807, 2.05) is 0 Å². The molecule has 0 fully saturated rings. The van der Waals surface area contributed by atoms with E-state index in [2.05, 4.69) is 350 Å². The first-order valence-electron chi connectivity index (χ1n) is 28.9. The molecule has 0 aromatic heterocycles. The molecule has 0 spiro atoms. The second-order valence-corrected chi connectivity index (χ2v) is 21.6. The Morgan fingerprint density at radius 3 is 0.798 bits per heavy atom. The van der Waals surface area contributed by atoms with Gasteiger partial charge in [-0.05, 0) is 148 Å². The Labute approximate surface area is 490 Å². The molecule has 15 rings (SSSR count). The van der Waals surface area contributed by atoms with Gasteiger partial charge >= 0.3 is 0 Å². The van der Waals surface area contributed by atoms with Gasteiger partial charge in [-0.15, -0.1) is 0 Å². The van der Waals surface area contributed by atoms with Crippen molar-refractivity contribution in [3.8, 4) is 22.3 Å². The first kappa shape index (κ1) is 49.9. The molecular weight excluding hydrogens is 1010 g/mol. The monoisotopic (exact) mass is 1070 g/mol. The van der Waals surface area contributed by atoms with E-state index in [-0.39, 0.29) is 0 Å². The highest BCUT2D eigenvalue weighted by atomic mass is 15.2. The fourth-order valence-electron chi connectivity index (χ4n) is 12.6. The Hall–Kier alpha value is -11.1. The Balaban J connectivity index is 0.809. The first-order chi connectivity index (χ1) is 41.7. The summed E-state index contributed by atoms with van der Waals surface area (Å²) in [6.07, 6.45) is 9.00. The lowest BCUT2D eigenvalue weighted by Crippen LogP contribution is -2.11. The van der Waals surface area contributed by atoms with E-state index in [9.17, 15) is 0 Å². The second-order valence-electron chi connectivity index (χ2n) is 21.6.